The Kier molecular flexibility index (Phi) is 3.31. The zero-order valence-electron chi connectivity index (χ0n) is 10.7. The van der Waals surface area contributed by atoms with Gasteiger partial charge in [0.25, 0.3) is 5.91 Å². The molecule has 1 saturated heterocycles. The average Bonchev–Trinajstić information content (AvgIpc) is 3.31. The van der Waals surface area contributed by atoms with E-state index in [4.69, 9.17) is 5.84 Å². The molecule has 0 aromatic carbocycles. The molecule has 7 nitrogen and oxygen atoms in total. The van der Waals surface area contributed by atoms with Crippen LogP contribution in [0.4, 0.5) is 5.82 Å². The maximum absolute atomic E-state index is 12.2. The molecule has 2 aliphatic rings. The van der Waals surface area contributed by atoms with E-state index in [2.05, 4.69) is 20.5 Å². The third-order valence-corrected chi connectivity index (χ3v) is 3.70. The first kappa shape index (κ1) is 12.3. The smallest absolute Gasteiger partial charge is 0.274 e. The molecule has 1 aliphatic carbocycles. The van der Waals surface area contributed by atoms with Crippen LogP contribution >= 0.6 is 0 Å². The number of carbonyl (C=O) groups excluding carboxylic acids is 1. The van der Waals surface area contributed by atoms with E-state index >= 15 is 0 Å². The van der Waals surface area contributed by atoms with Crippen molar-refractivity contribution in [2.24, 2.45) is 5.84 Å². The van der Waals surface area contributed by atoms with Gasteiger partial charge in [0, 0.05) is 32.2 Å². The Labute approximate surface area is 111 Å². The zero-order chi connectivity index (χ0) is 13.2. The quantitative estimate of drug-likeness (QED) is 0.573. The molecule has 0 atom stereocenters. The van der Waals surface area contributed by atoms with Crippen LogP contribution in [0, 0.1) is 0 Å². The topological polar surface area (TPSA) is 87.4 Å². The minimum Gasteiger partial charge on any atom is -0.335 e. The number of carbonyl (C=O) groups is 1. The second-order valence-corrected chi connectivity index (χ2v) is 5.01. The molecular weight excluding hydrogens is 244 g/mol. The molecule has 0 spiro atoms. The molecule has 1 aromatic heterocycles. The van der Waals surface area contributed by atoms with Crippen LogP contribution in [0.5, 0.6) is 0 Å². The number of rotatable bonds is 3. The van der Waals surface area contributed by atoms with Gasteiger partial charge >= 0.3 is 0 Å². The van der Waals surface area contributed by atoms with Crippen molar-refractivity contribution < 1.29 is 4.79 Å². The molecule has 1 amide bonds. The molecule has 0 radical (unpaired) electrons. The van der Waals surface area contributed by atoms with Crippen molar-refractivity contribution in [3.63, 3.8) is 0 Å². The monoisotopic (exact) mass is 262 g/mol. The molecule has 0 unspecified atom stereocenters. The molecule has 1 aliphatic heterocycles. The summed E-state index contributed by atoms with van der Waals surface area (Å²) in [5.41, 5.74) is 2.77. The van der Waals surface area contributed by atoms with E-state index in [9.17, 15) is 4.79 Å². The highest BCUT2D eigenvalue weighted by Gasteiger charge is 2.32. The van der Waals surface area contributed by atoms with E-state index in [1.165, 1.54) is 12.8 Å². The Morgan fingerprint density at radius 3 is 2.47 bits per heavy atom. The van der Waals surface area contributed by atoms with Crippen LogP contribution in [0.15, 0.2) is 12.1 Å². The predicted octanol–water partition coefficient (Wildman–Crippen LogP) is -0.318. The van der Waals surface area contributed by atoms with Crippen molar-refractivity contribution in [1.29, 1.82) is 0 Å². The number of piperazine rings is 1. The van der Waals surface area contributed by atoms with Gasteiger partial charge in [-0.3, -0.25) is 9.69 Å². The average molecular weight is 262 g/mol. The largest absolute Gasteiger partial charge is 0.335 e. The summed E-state index contributed by atoms with van der Waals surface area (Å²) < 4.78 is 0. The summed E-state index contributed by atoms with van der Waals surface area (Å²) in [7, 11) is 0. The number of nitrogens with zero attached hydrogens (tertiary/aromatic N) is 4. The van der Waals surface area contributed by atoms with Gasteiger partial charge in [0.15, 0.2) is 11.5 Å². The molecular formula is C12H18N6O. The molecule has 7 heteroatoms. The van der Waals surface area contributed by atoms with Gasteiger partial charge in [-0.25, -0.2) is 5.84 Å². The Hall–Kier alpha value is -1.73. The molecule has 2 heterocycles. The number of amides is 1. The summed E-state index contributed by atoms with van der Waals surface area (Å²) in [5, 5.41) is 7.72. The maximum atomic E-state index is 12.2. The molecule has 3 rings (SSSR count). The van der Waals surface area contributed by atoms with E-state index in [1.807, 2.05) is 4.90 Å². The summed E-state index contributed by atoms with van der Waals surface area (Å²) in [4.78, 5) is 16.6. The van der Waals surface area contributed by atoms with Crippen LogP contribution < -0.4 is 11.3 Å². The lowest BCUT2D eigenvalue weighted by atomic mass is 10.2. The number of nitrogens with one attached hydrogen (secondary N) is 1. The van der Waals surface area contributed by atoms with Gasteiger partial charge in [0.1, 0.15) is 0 Å². The number of nitrogen functional groups attached to an aromatic ring is 1. The maximum Gasteiger partial charge on any atom is 0.274 e. The number of hydrogen-bond acceptors (Lipinski definition) is 6. The molecule has 1 aromatic rings. The summed E-state index contributed by atoms with van der Waals surface area (Å²) in [6.45, 7) is 3.47. The lowest BCUT2D eigenvalue weighted by Crippen LogP contribution is -2.49. The molecule has 0 bridgehead atoms. The van der Waals surface area contributed by atoms with Gasteiger partial charge in [-0.05, 0) is 25.0 Å². The minimum absolute atomic E-state index is 0.0495. The van der Waals surface area contributed by atoms with Crippen LogP contribution in [-0.2, 0) is 0 Å². The van der Waals surface area contributed by atoms with Crippen molar-refractivity contribution in [2.45, 2.75) is 18.9 Å². The van der Waals surface area contributed by atoms with Gasteiger partial charge in [0.05, 0.1) is 0 Å². The zero-order valence-corrected chi connectivity index (χ0v) is 10.7. The Bertz CT molecular complexity index is 450. The summed E-state index contributed by atoms with van der Waals surface area (Å²) in [5.74, 6) is 5.62. The van der Waals surface area contributed by atoms with Crippen molar-refractivity contribution in [2.75, 3.05) is 31.6 Å². The van der Waals surface area contributed by atoms with Crippen molar-refractivity contribution in [3.8, 4) is 0 Å². The number of aromatic nitrogens is 2. The Morgan fingerprint density at radius 1 is 1.21 bits per heavy atom. The van der Waals surface area contributed by atoms with E-state index in [0.29, 0.717) is 11.5 Å². The number of anilines is 1. The third-order valence-electron chi connectivity index (χ3n) is 3.70. The van der Waals surface area contributed by atoms with Crippen LogP contribution in [0.2, 0.25) is 0 Å². The molecule has 3 N–H and O–H groups in total. The van der Waals surface area contributed by atoms with Crippen molar-refractivity contribution >= 4 is 11.7 Å². The SMILES string of the molecule is NNc1ccc(C(=O)N2CCN(C3CC3)CC2)nn1. The highest BCUT2D eigenvalue weighted by atomic mass is 16.2. The van der Waals surface area contributed by atoms with Gasteiger partial charge in [-0.15, -0.1) is 10.2 Å². The fourth-order valence-electron chi connectivity index (χ4n) is 2.42. The molecule has 2 fully saturated rings. The normalized spacial score (nSPS) is 20.4. The number of hydrogen-bond donors (Lipinski definition) is 2. The second kappa shape index (κ2) is 5.10. The van der Waals surface area contributed by atoms with Crippen LogP contribution in [0.3, 0.4) is 0 Å². The first-order valence-corrected chi connectivity index (χ1v) is 6.61. The van der Waals surface area contributed by atoms with Crippen LogP contribution in [0.25, 0.3) is 0 Å². The predicted molar refractivity (Wildman–Crippen MR) is 70.3 cm³/mol. The van der Waals surface area contributed by atoms with E-state index in [-0.39, 0.29) is 5.91 Å². The first-order chi connectivity index (χ1) is 9.28. The number of nitrogens with two attached hydrogens (primary N) is 1. The Balaban J connectivity index is 1.60. The fourth-order valence-corrected chi connectivity index (χ4v) is 2.42. The summed E-state index contributed by atoms with van der Waals surface area (Å²) >= 11 is 0. The third kappa shape index (κ3) is 2.66. The van der Waals surface area contributed by atoms with Gasteiger partial charge in [-0.1, -0.05) is 0 Å². The molecule has 102 valence electrons. The van der Waals surface area contributed by atoms with Crippen LogP contribution in [0.1, 0.15) is 23.3 Å². The van der Waals surface area contributed by atoms with Crippen LogP contribution in [-0.4, -0.2) is 58.1 Å². The van der Waals surface area contributed by atoms with Gasteiger partial charge in [-0.2, -0.15) is 0 Å². The standard InChI is InChI=1S/C12H18N6O/c13-14-11-4-3-10(15-16-11)12(19)18-7-5-17(6-8-18)9-1-2-9/h3-4,9H,1-2,5-8,13H2,(H,14,16). The summed E-state index contributed by atoms with van der Waals surface area (Å²) in [6.07, 6.45) is 2.62. The molecule has 19 heavy (non-hydrogen) atoms. The van der Waals surface area contributed by atoms with E-state index < -0.39 is 0 Å². The van der Waals surface area contributed by atoms with Gasteiger partial charge < -0.3 is 10.3 Å². The molecule has 1 saturated carbocycles. The lowest BCUT2D eigenvalue weighted by Gasteiger charge is -2.34. The summed E-state index contributed by atoms with van der Waals surface area (Å²) in [6, 6.07) is 4.07. The van der Waals surface area contributed by atoms with E-state index in [1.54, 1.807) is 12.1 Å². The number of hydrazine groups is 1. The van der Waals surface area contributed by atoms with Crippen molar-refractivity contribution in [1.82, 2.24) is 20.0 Å². The first-order valence-electron chi connectivity index (χ1n) is 6.61. The highest BCUT2D eigenvalue weighted by molar-refractivity contribution is 5.92. The van der Waals surface area contributed by atoms with Gasteiger partial charge in [0.2, 0.25) is 0 Å². The lowest BCUT2D eigenvalue weighted by molar-refractivity contribution is 0.0620. The Morgan fingerprint density at radius 2 is 1.95 bits per heavy atom. The minimum atomic E-state index is -0.0495. The van der Waals surface area contributed by atoms with Crippen molar-refractivity contribution in [3.05, 3.63) is 17.8 Å². The van der Waals surface area contributed by atoms with E-state index in [0.717, 1.165) is 32.2 Å². The second-order valence-electron chi connectivity index (χ2n) is 5.01. The highest BCUT2D eigenvalue weighted by Crippen LogP contribution is 2.27. The fraction of sp³-hybridized carbons (Fsp3) is 0.583.